The molecule has 0 radical (unpaired) electrons. The summed E-state index contributed by atoms with van der Waals surface area (Å²) >= 11 is 0. The summed E-state index contributed by atoms with van der Waals surface area (Å²) in [4.78, 5) is 25.5. The fourth-order valence-corrected chi connectivity index (χ4v) is 2.91. The number of benzene rings is 1. The zero-order chi connectivity index (χ0) is 19.1. The van der Waals surface area contributed by atoms with Gasteiger partial charge in [0.1, 0.15) is 5.76 Å². The number of alkyl halides is 3. The molecule has 0 saturated carbocycles. The van der Waals surface area contributed by atoms with E-state index in [-0.39, 0.29) is 5.76 Å². The second-order valence-electron chi connectivity index (χ2n) is 6.05. The number of rotatable bonds is 4. The van der Waals surface area contributed by atoms with E-state index >= 15 is 0 Å². The van der Waals surface area contributed by atoms with Gasteiger partial charge in [-0.2, -0.15) is 13.2 Å². The number of hydrogen-bond donors (Lipinski definition) is 2. The number of halogens is 3. The Morgan fingerprint density at radius 2 is 1.92 bits per heavy atom. The molecule has 0 unspecified atom stereocenters. The number of carbonyl (C=O) groups is 2. The number of hydrogen-bond acceptors (Lipinski definition) is 4. The molecular formula is C17H15F3N2O4. The van der Waals surface area contributed by atoms with Crippen molar-refractivity contribution in [3.63, 3.8) is 0 Å². The SMILES string of the molecule is C[C@@]1(c2ccco2)NC(=O)N(C[C@@H](O)c2ccccc2C(F)(F)F)C1=O. The first-order valence-electron chi connectivity index (χ1n) is 7.67. The molecule has 2 atom stereocenters. The van der Waals surface area contributed by atoms with E-state index in [4.69, 9.17) is 4.42 Å². The zero-order valence-corrected chi connectivity index (χ0v) is 13.6. The monoisotopic (exact) mass is 368 g/mol. The van der Waals surface area contributed by atoms with Gasteiger partial charge in [0.05, 0.1) is 24.5 Å². The highest BCUT2D eigenvalue weighted by molar-refractivity contribution is 6.06. The van der Waals surface area contributed by atoms with Gasteiger partial charge in [0.25, 0.3) is 5.91 Å². The summed E-state index contributed by atoms with van der Waals surface area (Å²) in [5, 5.41) is 12.7. The standard InChI is InChI=1S/C17H15F3N2O4/c1-16(13-7-4-8-26-13)14(24)22(15(25)21-16)9-12(23)10-5-2-3-6-11(10)17(18,19)20/h2-8,12,23H,9H2,1H3,(H,21,25)/t12-,16+/m1/s1. The van der Waals surface area contributed by atoms with Crippen molar-refractivity contribution >= 4 is 11.9 Å². The van der Waals surface area contributed by atoms with E-state index < -0.39 is 47.4 Å². The molecule has 1 aliphatic heterocycles. The van der Waals surface area contributed by atoms with Gasteiger partial charge in [-0.25, -0.2) is 4.79 Å². The minimum atomic E-state index is -4.67. The Morgan fingerprint density at radius 1 is 1.23 bits per heavy atom. The van der Waals surface area contributed by atoms with Crippen LogP contribution in [0.5, 0.6) is 0 Å². The summed E-state index contributed by atoms with van der Waals surface area (Å²) in [5.41, 5.74) is -2.91. The highest BCUT2D eigenvalue weighted by atomic mass is 19.4. The average molecular weight is 368 g/mol. The maximum Gasteiger partial charge on any atom is 0.416 e. The first-order chi connectivity index (χ1) is 12.1. The second-order valence-corrected chi connectivity index (χ2v) is 6.05. The van der Waals surface area contributed by atoms with Crippen LogP contribution in [0.2, 0.25) is 0 Å². The summed E-state index contributed by atoms with van der Waals surface area (Å²) in [6.45, 7) is 0.802. The number of β-amino-alcohol motifs (C(OH)–C–C–N with tert-alkyl or cyclic N) is 1. The van der Waals surface area contributed by atoms with Crippen LogP contribution in [0.25, 0.3) is 0 Å². The van der Waals surface area contributed by atoms with Gasteiger partial charge in [-0.05, 0) is 30.7 Å². The molecule has 1 saturated heterocycles. The third kappa shape index (κ3) is 2.94. The molecule has 0 bridgehead atoms. The molecule has 2 heterocycles. The van der Waals surface area contributed by atoms with Crippen molar-refractivity contribution in [1.82, 2.24) is 10.2 Å². The van der Waals surface area contributed by atoms with Gasteiger partial charge in [0.2, 0.25) is 0 Å². The van der Waals surface area contributed by atoms with E-state index in [2.05, 4.69) is 5.32 Å². The lowest BCUT2D eigenvalue weighted by Crippen LogP contribution is -2.41. The van der Waals surface area contributed by atoms with Crippen LogP contribution in [0.1, 0.15) is 29.9 Å². The topological polar surface area (TPSA) is 82.8 Å². The van der Waals surface area contributed by atoms with E-state index in [1.807, 2.05) is 0 Å². The van der Waals surface area contributed by atoms with E-state index in [1.165, 1.54) is 37.5 Å². The summed E-state index contributed by atoms with van der Waals surface area (Å²) in [6.07, 6.45) is -5.03. The number of urea groups is 1. The van der Waals surface area contributed by atoms with Gasteiger partial charge in [-0.3, -0.25) is 9.69 Å². The van der Waals surface area contributed by atoms with Crippen LogP contribution in [0.3, 0.4) is 0 Å². The number of furan rings is 1. The maximum atomic E-state index is 13.1. The summed E-state index contributed by atoms with van der Waals surface area (Å²) in [7, 11) is 0. The van der Waals surface area contributed by atoms with Crippen LogP contribution in [0.15, 0.2) is 47.1 Å². The smallest absolute Gasteiger partial charge is 0.416 e. The summed E-state index contributed by atoms with van der Waals surface area (Å²) < 4.78 is 44.5. The predicted molar refractivity (Wildman–Crippen MR) is 82.7 cm³/mol. The Balaban J connectivity index is 1.86. The van der Waals surface area contributed by atoms with Crippen molar-refractivity contribution in [2.75, 3.05) is 6.54 Å². The van der Waals surface area contributed by atoms with Gasteiger partial charge in [-0.1, -0.05) is 18.2 Å². The average Bonchev–Trinajstić information content (AvgIpc) is 3.19. The Bertz CT molecular complexity index is 835. The molecule has 0 aliphatic carbocycles. The third-order valence-corrected chi connectivity index (χ3v) is 4.27. The van der Waals surface area contributed by atoms with Crippen LogP contribution in [-0.2, 0) is 16.5 Å². The van der Waals surface area contributed by atoms with E-state index in [9.17, 15) is 27.9 Å². The van der Waals surface area contributed by atoms with E-state index in [1.54, 1.807) is 0 Å². The largest absolute Gasteiger partial charge is 0.466 e. The third-order valence-electron chi connectivity index (χ3n) is 4.27. The van der Waals surface area contributed by atoms with Gasteiger partial charge >= 0.3 is 12.2 Å². The van der Waals surface area contributed by atoms with Crippen molar-refractivity contribution in [3.05, 3.63) is 59.5 Å². The number of nitrogens with zero attached hydrogens (tertiary/aromatic N) is 1. The molecule has 1 aromatic carbocycles. The van der Waals surface area contributed by atoms with Gasteiger partial charge in [0.15, 0.2) is 5.54 Å². The minimum Gasteiger partial charge on any atom is -0.466 e. The molecule has 2 N–H and O–H groups in total. The number of nitrogens with one attached hydrogen (secondary N) is 1. The normalized spacial score (nSPS) is 21.8. The van der Waals surface area contributed by atoms with Gasteiger partial charge in [-0.15, -0.1) is 0 Å². The second kappa shape index (κ2) is 6.17. The Labute approximate surface area is 146 Å². The number of carbonyl (C=O) groups excluding carboxylic acids is 2. The first kappa shape index (κ1) is 18.0. The number of amides is 3. The fourth-order valence-electron chi connectivity index (χ4n) is 2.91. The fraction of sp³-hybridized carbons (Fsp3) is 0.294. The molecule has 26 heavy (non-hydrogen) atoms. The number of imide groups is 1. The number of aliphatic hydroxyl groups excluding tert-OH is 1. The highest BCUT2D eigenvalue weighted by Crippen LogP contribution is 2.36. The molecular weight excluding hydrogens is 353 g/mol. The summed E-state index contributed by atoms with van der Waals surface area (Å²) in [5.74, 6) is -0.537. The van der Waals surface area contributed by atoms with Crippen molar-refractivity contribution in [1.29, 1.82) is 0 Å². The minimum absolute atomic E-state index is 0.184. The predicted octanol–water partition coefficient (Wildman–Crippen LogP) is 2.80. The Morgan fingerprint density at radius 3 is 2.54 bits per heavy atom. The molecule has 3 rings (SSSR count). The van der Waals surface area contributed by atoms with Crippen LogP contribution in [-0.4, -0.2) is 28.5 Å². The Hall–Kier alpha value is -2.81. The lowest BCUT2D eigenvalue weighted by molar-refractivity contribution is -0.139. The quantitative estimate of drug-likeness (QED) is 0.813. The maximum absolute atomic E-state index is 13.1. The van der Waals surface area contributed by atoms with Crippen LogP contribution < -0.4 is 5.32 Å². The van der Waals surface area contributed by atoms with Crippen molar-refractivity contribution < 1.29 is 32.3 Å². The first-order valence-corrected chi connectivity index (χ1v) is 7.67. The van der Waals surface area contributed by atoms with Gasteiger partial charge < -0.3 is 14.8 Å². The van der Waals surface area contributed by atoms with Crippen molar-refractivity contribution in [2.24, 2.45) is 0 Å². The zero-order valence-electron chi connectivity index (χ0n) is 13.6. The molecule has 1 aliphatic rings. The van der Waals surface area contributed by atoms with Crippen LogP contribution >= 0.6 is 0 Å². The van der Waals surface area contributed by atoms with E-state index in [0.29, 0.717) is 4.90 Å². The van der Waals surface area contributed by atoms with Crippen LogP contribution in [0.4, 0.5) is 18.0 Å². The Kier molecular flexibility index (Phi) is 4.27. The molecule has 6 nitrogen and oxygen atoms in total. The van der Waals surface area contributed by atoms with Gasteiger partial charge in [0, 0.05) is 0 Å². The lowest BCUT2D eigenvalue weighted by atomic mass is 9.98. The molecule has 9 heteroatoms. The van der Waals surface area contributed by atoms with Crippen LogP contribution in [0, 0.1) is 0 Å². The summed E-state index contributed by atoms with van der Waals surface area (Å²) in [6, 6.07) is 6.69. The molecule has 1 fully saturated rings. The molecule has 1 aromatic heterocycles. The molecule has 3 amide bonds. The molecule has 2 aromatic rings. The van der Waals surface area contributed by atoms with Crippen molar-refractivity contribution in [3.8, 4) is 0 Å². The molecule has 0 spiro atoms. The highest BCUT2D eigenvalue weighted by Gasteiger charge is 2.51. The van der Waals surface area contributed by atoms with Crippen molar-refractivity contribution in [2.45, 2.75) is 24.7 Å². The number of aliphatic hydroxyl groups is 1. The van der Waals surface area contributed by atoms with E-state index in [0.717, 1.165) is 12.1 Å². The lowest BCUT2D eigenvalue weighted by Gasteiger charge is -2.22. The molecule has 138 valence electrons.